The summed E-state index contributed by atoms with van der Waals surface area (Å²) in [6.07, 6.45) is 0. The third-order valence-electron chi connectivity index (χ3n) is 2.94. The van der Waals surface area contributed by atoms with Crippen LogP contribution in [0.4, 0.5) is 20.2 Å². The fourth-order valence-electron chi connectivity index (χ4n) is 1.80. The number of hydrogen-bond acceptors (Lipinski definition) is 4. The van der Waals surface area contributed by atoms with E-state index in [4.69, 9.17) is 5.73 Å². The Balaban J connectivity index is 2.14. The lowest BCUT2D eigenvalue weighted by Gasteiger charge is -2.07. The average molecular weight is 307 g/mol. The second-order valence-electron chi connectivity index (χ2n) is 4.45. The highest BCUT2D eigenvalue weighted by atomic mass is 19.1. The molecule has 2 aromatic rings. The van der Waals surface area contributed by atoms with Crippen molar-refractivity contribution in [2.24, 2.45) is 0 Å². The summed E-state index contributed by atoms with van der Waals surface area (Å²) in [4.78, 5) is 22.0. The minimum atomic E-state index is -0.710. The second-order valence-corrected chi connectivity index (χ2v) is 4.45. The third kappa shape index (κ3) is 3.35. The molecule has 22 heavy (non-hydrogen) atoms. The van der Waals surface area contributed by atoms with Gasteiger partial charge in [0.2, 0.25) is 0 Å². The van der Waals surface area contributed by atoms with Crippen LogP contribution in [0.5, 0.6) is 0 Å². The third-order valence-corrected chi connectivity index (χ3v) is 2.94. The van der Waals surface area contributed by atoms with Gasteiger partial charge in [0.25, 0.3) is 11.6 Å². The molecule has 0 aliphatic rings. The number of nitrogens with zero attached hydrogens (tertiary/aromatic N) is 1. The first-order valence-corrected chi connectivity index (χ1v) is 6.14. The first kappa shape index (κ1) is 15.4. The van der Waals surface area contributed by atoms with Crippen molar-refractivity contribution >= 4 is 17.3 Å². The van der Waals surface area contributed by atoms with E-state index in [1.807, 2.05) is 0 Å². The smallest absolute Gasteiger partial charge is 0.292 e. The summed E-state index contributed by atoms with van der Waals surface area (Å²) in [7, 11) is 0. The highest BCUT2D eigenvalue weighted by Gasteiger charge is 2.16. The molecular formula is C14H11F2N3O3. The van der Waals surface area contributed by atoms with Gasteiger partial charge in [-0.3, -0.25) is 14.9 Å². The Hall–Kier alpha value is -3.03. The maximum Gasteiger partial charge on any atom is 0.292 e. The van der Waals surface area contributed by atoms with Crippen molar-refractivity contribution in [3.8, 4) is 0 Å². The summed E-state index contributed by atoms with van der Waals surface area (Å²) in [5, 5.41) is 13.1. The van der Waals surface area contributed by atoms with Gasteiger partial charge >= 0.3 is 0 Å². The van der Waals surface area contributed by atoms with Crippen LogP contribution < -0.4 is 11.1 Å². The number of carbonyl (C=O) groups excluding carboxylic acids is 1. The fourth-order valence-corrected chi connectivity index (χ4v) is 1.80. The quantitative estimate of drug-likeness (QED) is 0.514. The van der Waals surface area contributed by atoms with Crippen molar-refractivity contribution in [2.45, 2.75) is 6.54 Å². The number of benzene rings is 2. The Bertz CT molecular complexity index is 750. The number of halogens is 2. The zero-order chi connectivity index (χ0) is 16.3. The van der Waals surface area contributed by atoms with Crippen molar-refractivity contribution in [1.82, 2.24) is 5.32 Å². The van der Waals surface area contributed by atoms with Gasteiger partial charge in [-0.2, -0.15) is 0 Å². The lowest BCUT2D eigenvalue weighted by atomic mass is 10.1. The molecule has 0 radical (unpaired) electrons. The molecule has 1 amide bonds. The molecule has 0 atom stereocenters. The first-order chi connectivity index (χ1) is 10.4. The Morgan fingerprint density at radius 2 is 1.95 bits per heavy atom. The lowest BCUT2D eigenvalue weighted by molar-refractivity contribution is -0.383. The molecule has 0 aromatic heterocycles. The summed E-state index contributed by atoms with van der Waals surface area (Å²) in [5.74, 6) is -1.95. The van der Waals surface area contributed by atoms with E-state index < -0.39 is 28.2 Å². The van der Waals surface area contributed by atoms with E-state index in [0.717, 1.165) is 24.3 Å². The largest absolute Gasteiger partial charge is 0.393 e. The lowest BCUT2D eigenvalue weighted by Crippen LogP contribution is -2.23. The number of nitro benzene ring substituents is 1. The topological polar surface area (TPSA) is 98.3 Å². The van der Waals surface area contributed by atoms with Crippen LogP contribution >= 0.6 is 0 Å². The summed E-state index contributed by atoms with van der Waals surface area (Å²) in [6.45, 7) is -0.249. The van der Waals surface area contributed by atoms with E-state index in [2.05, 4.69) is 5.32 Å². The monoisotopic (exact) mass is 307 g/mol. The minimum Gasteiger partial charge on any atom is -0.393 e. The zero-order valence-electron chi connectivity index (χ0n) is 11.2. The van der Waals surface area contributed by atoms with Gasteiger partial charge in [-0.05, 0) is 30.3 Å². The van der Waals surface area contributed by atoms with Gasteiger partial charge in [0, 0.05) is 23.7 Å². The molecule has 3 N–H and O–H groups in total. The summed E-state index contributed by atoms with van der Waals surface area (Å²) >= 11 is 0. The zero-order valence-corrected chi connectivity index (χ0v) is 11.2. The molecule has 0 saturated carbocycles. The van der Waals surface area contributed by atoms with Gasteiger partial charge in [-0.25, -0.2) is 8.78 Å². The molecule has 0 heterocycles. The Morgan fingerprint density at radius 1 is 1.23 bits per heavy atom. The number of amides is 1. The standard InChI is InChI=1S/C14H11F2N3O3/c15-10-2-3-11(16)9(5-10)7-18-14(20)8-1-4-12(17)13(6-8)19(21)22/h1-6H,7,17H2,(H,18,20). The van der Waals surface area contributed by atoms with E-state index in [1.165, 1.54) is 12.1 Å². The summed E-state index contributed by atoms with van der Waals surface area (Å²) in [5.41, 5.74) is 4.93. The van der Waals surface area contributed by atoms with Crippen LogP contribution in [0.15, 0.2) is 36.4 Å². The van der Waals surface area contributed by atoms with Crippen molar-refractivity contribution in [3.05, 3.63) is 69.3 Å². The molecular weight excluding hydrogens is 296 g/mol. The average Bonchev–Trinajstić information content (AvgIpc) is 2.48. The van der Waals surface area contributed by atoms with E-state index in [-0.39, 0.29) is 23.4 Å². The molecule has 2 aromatic carbocycles. The van der Waals surface area contributed by atoms with Gasteiger partial charge in [0.15, 0.2) is 0 Å². The van der Waals surface area contributed by atoms with Crippen molar-refractivity contribution < 1.29 is 18.5 Å². The van der Waals surface area contributed by atoms with Crippen LogP contribution in [-0.4, -0.2) is 10.8 Å². The Kier molecular flexibility index (Phi) is 4.31. The highest BCUT2D eigenvalue weighted by Crippen LogP contribution is 2.22. The van der Waals surface area contributed by atoms with Gasteiger partial charge in [0.05, 0.1) is 4.92 Å². The molecule has 8 heteroatoms. The predicted octanol–water partition coefficient (Wildman–Crippen LogP) is 2.39. The van der Waals surface area contributed by atoms with Gasteiger partial charge < -0.3 is 11.1 Å². The molecule has 0 aliphatic carbocycles. The number of nitrogens with two attached hydrogens (primary N) is 1. The molecule has 6 nitrogen and oxygen atoms in total. The molecule has 2 rings (SSSR count). The number of hydrogen-bond donors (Lipinski definition) is 2. The van der Waals surface area contributed by atoms with Crippen LogP contribution in [0.1, 0.15) is 15.9 Å². The van der Waals surface area contributed by atoms with E-state index in [1.54, 1.807) is 0 Å². The number of carbonyl (C=O) groups is 1. The number of anilines is 1. The van der Waals surface area contributed by atoms with E-state index in [0.29, 0.717) is 0 Å². The molecule has 0 fully saturated rings. The molecule has 0 spiro atoms. The van der Waals surface area contributed by atoms with Crippen LogP contribution in [0.2, 0.25) is 0 Å². The number of nitro groups is 1. The molecule has 0 aliphatic heterocycles. The SMILES string of the molecule is Nc1ccc(C(=O)NCc2cc(F)ccc2F)cc1[N+](=O)[O-]. The number of rotatable bonds is 4. The van der Waals surface area contributed by atoms with Gasteiger partial charge in [-0.1, -0.05) is 0 Å². The van der Waals surface area contributed by atoms with E-state index >= 15 is 0 Å². The molecule has 0 bridgehead atoms. The van der Waals surface area contributed by atoms with Crippen molar-refractivity contribution in [1.29, 1.82) is 0 Å². The Labute approximate surface area is 123 Å². The number of nitrogen functional groups attached to an aromatic ring is 1. The van der Waals surface area contributed by atoms with Gasteiger partial charge in [-0.15, -0.1) is 0 Å². The second kappa shape index (κ2) is 6.17. The van der Waals surface area contributed by atoms with Crippen LogP contribution in [0.25, 0.3) is 0 Å². The van der Waals surface area contributed by atoms with Crippen molar-refractivity contribution in [2.75, 3.05) is 5.73 Å². The molecule has 0 unspecified atom stereocenters. The van der Waals surface area contributed by atoms with Crippen LogP contribution in [-0.2, 0) is 6.54 Å². The van der Waals surface area contributed by atoms with E-state index in [9.17, 15) is 23.7 Å². The summed E-state index contributed by atoms with van der Waals surface area (Å²) in [6, 6.07) is 6.43. The normalized spacial score (nSPS) is 10.3. The molecule has 0 saturated heterocycles. The van der Waals surface area contributed by atoms with Crippen molar-refractivity contribution in [3.63, 3.8) is 0 Å². The van der Waals surface area contributed by atoms with Crippen LogP contribution in [0.3, 0.4) is 0 Å². The molecule has 114 valence electrons. The maximum atomic E-state index is 13.4. The maximum absolute atomic E-state index is 13.4. The fraction of sp³-hybridized carbons (Fsp3) is 0.0714. The van der Waals surface area contributed by atoms with Gasteiger partial charge in [0.1, 0.15) is 17.3 Å². The summed E-state index contributed by atoms with van der Waals surface area (Å²) < 4.78 is 26.4. The minimum absolute atomic E-state index is 0.00212. The first-order valence-electron chi connectivity index (χ1n) is 6.14. The van der Waals surface area contributed by atoms with Crippen LogP contribution in [0, 0.1) is 21.7 Å². The number of nitrogens with one attached hydrogen (secondary N) is 1. The highest BCUT2D eigenvalue weighted by molar-refractivity contribution is 5.95. The Morgan fingerprint density at radius 3 is 2.64 bits per heavy atom. The predicted molar refractivity (Wildman–Crippen MR) is 75.0 cm³/mol.